The maximum absolute atomic E-state index is 6.10. The third-order valence-electron chi connectivity index (χ3n) is 4.55. The molecule has 0 aromatic heterocycles. The van der Waals surface area contributed by atoms with Crippen LogP contribution in [-0.2, 0) is 0 Å². The standard InChI is InChI=1S/C20H27N3O/c1-2-3-6-12-24-16-9-7-8-15(13-16)19-14-20(23-22-19)17-10-4-5-11-18(17)21/h4-5,7-11,13,19-20,22-23H,2-3,6,12,14,21H2,1H3. The van der Waals surface area contributed by atoms with Gasteiger partial charge in [-0.05, 0) is 42.2 Å². The van der Waals surface area contributed by atoms with Crippen molar-refractivity contribution in [3.05, 3.63) is 59.7 Å². The number of anilines is 1. The first-order valence-corrected chi connectivity index (χ1v) is 8.86. The lowest BCUT2D eigenvalue weighted by Gasteiger charge is -2.13. The third kappa shape index (κ3) is 4.08. The van der Waals surface area contributed by atoms with Crippen LogP contribution in [0.2, 0.25) is 0 Å². The summed E-state index contributed by atoms with van der Waals surface area (Å²) in [4.78, 5) is 0. The van der Waals surface area contributed by atoms with Crippen LogP contribution in [-0.4, -0.2) is 6.61 Å². The molecule has 4 nitrogen and oxygen atoms in total. The third-order valence-corrected chi connectivity index (χ3v) is 4.55. The average molecular weight is 325 g/mol. The van der Waals surface area contributed by atoms with Gasteiger partial charge in [0.05, 0.1) is 12.6 Å². The van der Waals surface area contributed by atoms with Gasteiger partial charge in [0.2, 0.25) is 0 Å². The molecule has 1 saturated heterocycles. The van der Waals surface area contributed by atoms with Crippen LogP contribution >= 0.6 is 0 Å². The van der Waals surface area contributed by atoms with Crippen molar-refractivity contribution in [2.75, 3.05) is 12.3 Å². The summed E-state index contributed by atoms with van der Waals surface area (Å²) in [6.07, 6.45) is 4.51. The fourth-order valence-electron chi connectivity index (χ4n) is 3.17. The zero-order valence-electron chi connectivity index (χ0n) is 14.3. The average Bonchev–Trinajstić information content (AvgIpc) is 3.09. The second kappa shape index (κ2) is 8.18. The normalized spacial score (nSPS) is 20.2. The SMILES string of the molecule is CCCCCOc1cccc(C2CC(c3ccccc3N)NN2)c1. The van der Waals surface area contributed by atoms with Gasteiger partial charge in [-0.3, -0.25) is 0 Å². The number of hydrogen-bond acceptors (Lipinski definition) is 4. The zero-order chi connectivity index (χ0) is 16.8. The van der Waals surface area contributed by atoms with Crippen LogP contribution in [0.5, 0.6) is 5.75 Å². The smallest absolute Gasteiger partial charge is 0.119 e. The molecular weight excluding hydrogens is 298 g/mol. The number of nitrogens with one attached hydrogen (secondary N) is 2. The van der Waals surface area contributed by atoms with Crippen molar-refractivity contribution in [1.82, 2.24) is 10.9 Å². The predicted molar refractivity (Wildman–Crippen MR) is 98.7 cm³/mol. The molecule has 0 aliphatic carbocycles. The second-order valence-corrected chi connectivity index (χ2v) is 6.39. The Morgan fingerprint density at radius 1 is 1.04 bits per heavy atom. The van der Waals surface area contributed by atoms with Gasteiger partial charge in [0.15, 0.2) is 0 Å². The monoisotopic (exact) mass is 325 g/mol. The maximum Gasteiger partial charge on any atom is 0.119 e. The van der Waals surface area contributed by atoms with Crippen molar-refractivity contribution in [3.8, 4) is 5.75 Å². The Morgan fingerprint density at radius 2 is 1.88 bits per heavy atom. The summed E-state index contributed by atoms with van der Waals surface area (Å²) in [6, 6.07) is 16.9. The van der Waals surface area contributed by atoms with Gasteiger partial charge in [0, 0.05) is 11.7 Å². The van der Waals surface area contributed by atoms with Gasteiger partial charge in [-0.2, -0.15) is 0 Å². The van der Waals surface area contributed by atoms with E-state index in [-0.39, 0.29) is 12.1 Å². The molecule has 24 heavy (non-hydrogen) atoms. The fraction of sp³-hybridized carbons (Fsp3) is 0.400. The van der Waals surface area contributed by atoms with Crippen LogP contribution in [0.15, 0.2) is 48.5 Å². The van der Waals surface area contributed by atoms with E-state index in [9.17, 15) is 0 Å². The van der Waals surface area contributed by atoms with Crippen molar-refractivity contribution in [1.29, 1.82) is 0 Å². The van der Waals surface area contributed by atoms with E-state index < -0.39 is 0 Å². The molecular formula is C20H27N3O. The van der Waals surface area contributed by atoms with Crippen LogP contribution < -0.4 is 21.3 Å². The first-order valence-electron chi connectivity index (χ1n) is 8.86. The van der Waals surface area contributed by atoms with Gasteiger partial charge in [-0.15, -0.1) is 0 Å². The molecule has 1 fully saturated rings. The molecule has 1 aliphatic heterocycles. The molecule has 2 unspecified atom stereocenters. The number of rotatable bonds is 7. The Bertz CT molecular complexity index is 659. The Morgan fingerprint density at radius 3 is 2.71 bits per heavy atom. The van der Waals surface area contributed by atoms with E-state index in [2.05, 4.69) is 42.0 Å². The fourth-order valence-corrected chi connectivity index (χ4v) is 3.17. The lowest BCUT2D eigenvalue weighted by molar-refractivity contribution is 0.305. The quantitative estimate of drug-likeness (QED) is 0.529. The lowest BCUT2D eigenvalue weighted by atomic mass is 9.96. The van der Waals surface area contributed by atoms with E-state index >= 15 is 0 Å². The largest absolute Gasteiger partial charge is 0.494 e. The Labute approximate surface area is 144 Å². The van der Waals surface area contributed by atoms with Crippen molar-refractivity contribution in [2.24, 2.45) is 0 Å². The molecule has 0 spiro atoms. The number of para-hydroxylation sites is 1. The highest BCUT2D eigenvalue weighted by Gasteiger charge is 2.27. The van der Waals surface area contributed by atoms with Gasteiger partial charge in [-0.25, -0.2) is 10.9 Å². The van der Waals surface area contributed by atoms with Crippen LogP contribution in [0.4, 0.5) is 5.69 Å². The Kier molecular flexibility index (Phi) is 5.72. The van der Waals surface area contributed by atoms with Crippen molar-refractivity contribution < 1.29 is 4.74 Å². The summed E-state index contributed by atoms with van der Waals surface area (Å²) in [6.45, 7) is 2.99. The van der Waals surface area contributed by atoms with E-state index in [1.165, 1.54) is 18.4 Å². The first-order chi connectivity index (χ1) is 11.8. The minimum Gasteiger partial charge on any atom is -0.494 e. The van der Waals surface area contributed by atoms with Crippen molar-refractivity contribution in [3.63, 3.8) is 0 Å². The number of unbranched alkanes of at least 4 members (excludes halogenated alkanes) is 2. The number of hydrogen-bond donors (Lipinski definition) is 3. The first kappa shape index (κ1) is 16.8. The van der Waals surface area contributed by atoms with E-state index in [1.54, 1.807) is 0 Å². The summed E-state index contributed by atoms with van der Waals surface area (Å²) >= 11 is 0. The molecule has 128 valence electrons. The molecule has 4 N–H and O–H groups in total. The highest BCUT2D eigenvalue weighted by atomic mass is 16.5. The topological polar surface area (TPSA) is 59.3 Å². The molecule has 2 aromatic rings. The van der Waals surface area contributed by atoms with Crippen LogP contribution in [0.25, 0.3) is 0 Å². The highest BCUT2D eigenvalue weighted by molar-refractivity contribution is 5.48. The molecule has 1 heterocycles. The van der Waals surface area contributed by atoms with E-state index in [4.69, 9.17) is 10.5 Å². The van der Waals surface area contributed by atoms with Gasteiger partial charge < -0.3 is 10.5 Å². The molecule has 4 heteroatoms. The molecule has 0 bridgehead atoms. The van der Waals surface area contributed by atoms with Gasteiger partial charge in [0.1, 0.15) is 5.75 Å². The van der Waals surface area contributed by atoms with Crippen LogP contribution in [0, 0.1) is 0 Å². The van der Waals surface area contributed by atoms with Crippen LogP contribution in [0.1, 0.15) is 55.8 Å². The summed E-state index contributed by atoms with van der Waals surface area (Å²) in [5.74, 6) is 0.952. The molecule has 2 atom stereocenters. The molecule has 0 amide bonds. The van der Waals surface area contributed by atoms with Gasteiger partial charge in [0.25, 0.3) is 0 Å². The number of benzene rings is 2. The Hall–Kier alpha value is -2.04. The second-order valence-electron chi connectivity index (χ2n) is 6.39. The summed E-state index contributed by atoms with van der Waals surface area (Å²) in [7, 11) is 0. The van der Waals surface area contributed by atoms with Crippen molar-refractivity contribution in [2.45, 2.75) is 44.7 Å². The molecule has 0 saturated carbocycles. The number of nitrogen functional groups attached to an aromatic ring is 1. The zero-order valence-corrected chi connectivity index (χ0v) is 14.3. The highest BCUT2D eigenvalue weighted by Crippen LogP contribution is 2.34. The van der Waals surface area contributed by atoms with Crippen LogP contribution in [0.3, 0.4) is 0 Å². The molecule has 1 aliphatic rings. The maximum atomic E-state index is 6.10. The van der Waals surface area contributed by atoms with E-state index in [1.807, 2.05) is 24.3 Å². The van der Waals surface area contributed by atoms with Crippen molar-refractivity contribution >= 4 is 5.69 Å². The molecule has 0 radical (unpaired) electrons. The lowest BCUT2D eigenvalue weighted by Crippen LogP contribution is -2.27. The number of nitrogens with two attached hydrogens (primary N) is 1. The molecule has 3 rings (SSSR count). The van der Waals surface area contributed by atoms with Gasteiger partial charge >= 0.3 is 0 Å². The number of ether oxygens (including phenoxy) is 1. The Balaban J connectivity index is 1.62. The van der Waals surface area contributed by atoms with E-state index in [0.717, 1.165) is 36.4 Å². The number of hydrazine groups is 1. The predicted octanol–water partition coefficient (Wildman–Crippen LogP) is 4.12. The molecule has 2 aromatic carbocycles. The minimum absolute atomic E-state index is 0.227. The summed E-state index contributed by atoms with van der Waals surface area (Å²) < 4.78 is 5.87. The minimum atomic E-state index is 0.227. The summed E-state index contributed by atoms with van der Waals surface area (Å²) in [5, 5.41) is 0. The summed E-state index contributed by atoms with van der Waals surface area (Å²) in [5.41, 5.74) is 16.1. The van der Waals surface area contributed by atoms with E-state index in [0.29, 0.717) is 0 Å². The van der Waals surface area contributed by atoms with Gasteiger partial charge in [-0.1, -0.05) is 50.1 Å².